The topological polar surface area (TPSA) is 47.0 Å². The number of aromatic nitrogens is 2. The lowest BCUT2D eigenvalue weighted by atomic mass is 10.0. The first-order valence-corrected chi connectivity index (χ1v) is 6.38. The van der Waals surface area contributed by atoms with Crippen LogP contribution in [0.4, 0.5) is 0 Å². The van der Waals surface area contributed by atoms with Gasteiger partial charge in [0.15, 0.2) is 0 Å². The van der Waals surface area contributed by atoms with Gasteiger partial charge in [0.25, 0.3) is 0 Å². The summed E-state index contributed by atoms with van der Waals surface area (Å²) in [5.41, 5.74) is 2.29. The van der Waals surface area contributed by atoms with E-state index < -0.39 is 0 Å². The Morgan fingerprint density at radius 2 is 2.05 bits per heavy atom. The molecule has 0 spiro atoms. The molecule has 0 aromatic carbocycles. The van der Waals surface area contributed by atoms with Crippen molar-refractivity contribution in [3.63, 3.8) is 0 Å². The SMILES string of the molecule is CNC(Cc1ccc(OC)nc1)Cc1ccccn1. The molecule has 100 valence electrons. The summed E-state index contributed by atoms with van der Waals surface area (Å²) in [6, 6.07) is 10.3. The Labute approximate surface area is 113 Å². The summed E-state index contributed by atoms with van der Waals surface area (Å²) < 4.78 is 5.06. The lowest BCUT2D eigenvalue weighted by molar-refractivity contribution is 0.397. The number of nitrogens with zero attached hydrogens (tertiary/aromatic N) is 2. The van der Waals surface area contributed by atoms with E-state index in [-0.39, 0.29) is 0 Å². The number of pyridine rings is 2. The van der Waals surface area contributed by atoms with Crippen LogP contribution >= 0.6 is 0 Å². The molecule has 0 saturated heterocycles. The number of nitrogens with one attached hydrogen (secondary N) is 1. The normalized spacial score (nSPS) is 12.1. The molecule has 4 heteroatoms. The van der Waals surface area contributed by atoms with Gasteiger partial charge >= 0.3 is 0 Å². The zero-order valence-corrected chi connectivity index (χ0v) is 11.3. The first kappa shape index (κ1) is 13.5. The highest BCUT2D eigenvalue weighted by molar-refractivity contribution is 5.19. The molecule has 2 aromatic rings. The molecular weight excluding hydrogens is 238 g/mol. The summed E-state index contributed by atoms with van der Waals surface area (Å²) in [5.74, 6) is 0.648. The molecular formula is C15H19N3O. The highest BCUT2D eigenvalue weighted by Gasteiger charge is 2.09. The van der Waals surface area contributed by atoms with Crippen LogP contribution in [0.1, 0.15) is 11.3 Å². The summed E-state index contributed by atoms with van der Waals surface area (Å²) >= 11 is 0. The molecule has 0 aliphatic heterocycles. The summed E-state index contributed by atoms with van der Waals surface area (Å²) in [4.78, 5) is 8.59. The fraction of sp³-hybridized carbons (Fsp3) is 0.333. The van der Waals surface area contributed by atoms with Crippen molar-refractivity contribution in [3.8, 4) is 5.88 Å². The minimum Gasteiger partial charge on any atom is -0.481 e. The van der Waals surface area contributed by atoms with Gasteiger partial charge in [-0.15, -0.1) is 0 Å². The van der Waals surface area contributed by atoms with Crippen LogP contribution in [0.15, 0.2) is 42.7 Å². The second kappa shape index (κ2) is 6.85. The van der Waals surface area contributed by atoms with Crippen molar-refractivity contribution in [1.82, 2.24) is 15.3 Å². The van der Waals surface area contributed by atoms with Crippen LogP contribution in [0.2, 0.25) is 0 Å². The molecule has 0 radical (unpaired) electrons. The van der Waals surface area contributed by atoms with E-state index in [1.165, 1.54) is 5.56 Å². The van der Waals surface area contributed by atoms with Crippen LogP contribution in [-0.4, -0.2) is 30.2 Å². The number of hydrogen-bond donors (Lipinski definition) is 1. The Morgan fingerprint density at radius 1 is 1.16 bits per heavy atom. The van der Waals surface area contributed by atoms with Gasteiger partial charge in [0.1, 0.15) is 0 Å². The van der Waals surface area contributed by atoms with Crippen molar-refractivity contribution in [2.45, 2.75) is 18.9 Å². The van der Waals surface area contributed by atoms with Crippen molar-refractivity contribution in [2.24, 2.45) is 0 Å². The fourth-order valence-corrected chi connectivity index (χ4v) is 1.98. The van der Waals surface area contributed by atoms with Crippen LogP contribution in [-0.2, 0) is 12.8 Å². The van der Waals surface area contributed by atoms with E-state index in [0.717, 1.165) is 18.5 Å². The van der Waals surface area contributed by atoms with Gasteiger partial charge in [-0.2, -0.15) is 0 Å². The van der Waals surface area contributed by atoms with E-state index in [2.05, 4.69) is 27.4 Å². The first-order chi connectivity index (χ1) is 9.31. The molecule has 1 unspecified atom stereocenters. The molecule has 0 aliphatic rings. The maximum absolute atomic E-state index is 5.06. The Morgan fingerprint density at radius 3 is 2.63 bits per heavy atom. The molecule has 0 fully saturated rings. The summed E-state index contributed by atoms with van der Waals surface area (Å²) in [6.45, 7) is 0. The highest BCUT2D eigenvalue weighted by Crippen LogP contribution is 2.10. The Bertz CT molecular complexity index is 485. The van der Waals surface area contributed by atoms with Gasteiger partial charge in [0, 0.05) is 36.6 Å². The van der Waals surface area contributed by atoms with Crippen molar-refractivity contribution < 1.29 is 4.74 Å². The maximum atomic E-state index is 5.06. The second-order valence-electron chi connectivity index (χ2n) is 4.42. The van der Waals surface area contributed by atoms with Gasteiger partial charge in [-0.05, 0) is 31.2 Å². The predicted octanol–water partition coefficient (Wildman–Crippen LogP) is 1.86. The maximum Gasteiger partial charge on any atom is 0.212 e. The molecule has 0 amide bonds. The summed E-state index contributed by atoms with van der Waals surface area (Å²) in [5, 5.41) is 3.33. The van der Waals surface area contributed by atoms with E-state index >= 15 is 0 Å². The fourth-order valence-electron chi connectivity index (χ4n) is 1.98. The third-order valence-corrected chi connectivity index (χ3v) is 3.08. The van der Waals surface area contributed by atoms with Gasteiger partial charge in [-0.1, -0.05) is 12.1 Å². The van der Waals surface area contributed by atoms with Gasteiger partial charge in [0.2, 0.25) is 5.88 Å². The van der Waals surface area contributed by atoms with E-state index in [1.807, 2.05) is 37.6 Å². The van der Waals surface area contributed by atoms with Crippen molar-refractivity contribution in [3.05, 3.63) is 54.0 Å². The smallest absolute Gasteiger partial charge is 0.212 e. The number of rotatable bonds is 6. The van der Waals surface area contributed by atoms with E-state index in [4.69, 9.17) is 4.74 Å². The van der Waals surface area contributed by atoms with Crippen LogP contribution in [0.5, 0.6) is 5.88 Å². The average Bonchev–Trinajstić information content (AvgIpc) is 2.48. The van der Waals surface area contributed by atoms with Gasteiger partial charge in [0.05, 0.1) is 7.11 Å². The van der Waals surface area contributed by atoms with E-state index in [9.17, 15) is 0 Å². The molecule has 2 rings (SSSR count). The average molecular weight is 257 g/mol. The van der Waals surface area contributed by atoms with Crippen molar-refractivity contribution in [2.75, 3.05) is 14.2 Å². The Kier molecular flexibility index (Phi) is 4.86. The van der Waals surface area contributed by atoms with Crippen molar-refractivity contribution in [1.29, 1.82) is 0 Å². The lowest BCUT2D eigenvalue weighted by Crippen LogP contribution is -2.30. The number of likely N-dealkylation sites (N-methyl/N-ethyl adjacent to an activating group) is 1. The van der Waals surface area contributed by atoms with E-state index in [0.29, 0.717) is 11.9 Å². The molecule has 19 heavy (non-hydrogen) atoms. The predicted molar refractivity (Wildman–Crippen MR) is 75.3 cm³/mol. The zero-order chi connectivity index (χ0) is 13.5. The Balaban J connectivity index is 1.98. The molecule has 1 atom stereocenters. The molecule has 1 N–H and O–H groups in total. The number of ether oxygens (including phenoxy) is 1. The van der Waals surface area contributed by atoms with Gasteiger partial charge in [-0.25, -0.2) is 4.98 Å². The molecule has 0 aliphatic carbocycles. The van der Waals surface area contributed by atoms with Crippen molar-refractivity contribution >= 4 is 0 Å². The standard InChI is InChI=1S/C15H19N3O/c1-16-14(10-13-5-3-4-8-17-13)9-12-6-7-15(19-2)18-11-12/h3-8,11,14,16H,9-10H2,1-2H3. The number of methoxy groups -OCH3 is 1. The van der Waals surface area contributed by atoms with Crippen LogP contribution in [0.3, 0.4) is 0 Å². The van der Waals surface area contributed by atoms with Crippen LogP contribution < -0.4 is 10.1 Å². The first-order valence-electron chi connectivity index (χ1n) is 6.38. The molecule has 0 bridgehead atoms. The van der Waals surface area contributed by atoms with Gasteiger partial charge < -0.3 is 10.1 Å². The third kappa shape index (κ3) is 4.03. The minimum atomic E-state index is 0.352. The van der Waals surface area contributed by atoms with Crippen LogP contribution in [0.25, 0.3) is 0 Å². The quantitative estimate of drug-likeness (QED) is 0.858. The molecule has 2 aromatic heterocycles. The second-order valence-corrected chi connectivity index (χ2v) is 4.42. The molecule has 0 saturated carbocycles. The monoisotopic (exact) mass is 257 g/mol. The lowest BCUT2D eigenvalue weighted by Gasteiger charge is -2.15. The van der Waals surface area contributed by atoms with Gasteiger partial charge in [-0.3, -0.25) is 4.98 Å². The van der Waals surface area contributed by atoms with E-state index in [1.54, 1.807) is 7.11 Å². The minimum absolute atomic E-state index is 0.352. The Hall–Kier alpha value is -1.94. The zero-order valence-electron chi connectivity index (χ0n) is 11.3. The largest absolute Gasteiger partial charge is 0.481 e. The van der Waals surface area contributed by atoms with Crippen LogP contribution in [0, 0.1) is 0 Å². The molecule has 4 nitrogen and oxygen atoms in total. The third-order valence-electron chi connectivity index (χ3n) is 3.08. The molecule has 2 heterocycles. The highest BCUT2D eigenvalue weighted by atomic mass is 16.5. The summed E-state index contributed by atoms with van der Waals surface area (Å²) in [6.07, 6.45) is 5.52. The summed E-state index contributed by atoms with van der Waals surface area (Å²) in [7, 11) is 3.60. The number of hydrogen-bond acceptors (Lipinski definition) is 4.